The fourth-order valence-electron chi connectivity index (χ4n) is 2.42. The van der Waals surface area contributed by atoms with E-state index in [1.165, 1.54) is 6.40 Å². The summed E-state index contributed by atoms with van der Waals surface area (Å²) in [5.41, 5.74) is -0.418. The third kappa shape index (κ3) is 3.28. The molecular formula is C16H20BrNO3. The van der Waals surface area contributed by atoms with Gasteiger partial charge in [0.05, 0.1) is 0 Å². The summed E-state index contributed by atoms with van der Waals surface area (Å²) in [5, 5.41) is 0. The number of ether oxygens (including phenoxy) is 2. The summed E-state index contributed by atoms with van der Waals surface area (Å²) in [4.78, 5) is 16.7. The maximum atomic E-state index is 12.5. The molecule has 1 aliphatic rings. The van der Waals surface area contributed by atoms with Crippen molar-refractivity contribution in [1.82, 2.24) is 0 Å². The third-order valence-corrected chi connectivity index (χ3v) is 3.93. The SMILES string of the molecule is CC[C@@]1(c2ccc(Br)cc2)OC=N[C@H]1C(=O)OC(C)(C)C. The summed E-state index contributed by atoms with van der Waals surface area (Å²) in [5.74, 6) is -0.360. The van der Waals surface area contributed by atoms with E-state index in [0.29, 0.717) is 6.42 Å². The first kappa shape index (κ1) is 16.0. The van der Waals surface area contributed by atoms with Crippen LogP contribution in [0.3, 0.4) is 0 Å². The second kappa shape index (κ2) is 5.79. The predicted molar refractivity (Wildman–Crippen MR) is 85.3 cm³/mol. The van der Waals surface area contributed by atoms with Gasteiger partial charge in [-0.25, -0.2) is 9.79 Å². The van der Waals surface area contributed by atoms with Crippen LogP contribution < -0.4 is 0 Å². The van der Waals surface area contributed by atoms with Gasteiger partial charge in [-0.15, -0.1) is 0 Å². The molecule has 0 fully saturated rings. The van der Waals surface area contributed by atoms with Gasteiger partial charge in [-0.1, -0.05) is 35.0 Å². The topological polar surface area (TPSA) is 47.9 Å². The van der Waals surface area contributed by atoms with E-state index in [9.17, 15) is 4.79 Å². The monoisotopic (exact) mass is 353 g/mol. The Labute approximate surface area is 133 Å². The molecule has 5 heteroatoms. The van der Waals surface area contributed by atoms with Gasteiger partial charge in [0.25, 0.3) is 0 Å². The van der Waals surface area contributed by atoms with Gasteiger partial charge in [0.15, 0.2) is 18.0 Å². The van der Waals surface area contributed by atoms with Crippen LogP contribution in [0.5, 0.6) is 0 Å². The van der Waals surface area contributed by atoms with E-state index in [1.54, 1.807) is 0 Å². The zero-order chi connectivity index (χ0) is 15.7. The number of halogens is 1. The average Bonchev–Trinajstić information content (AvgIpc) is 2.82. The minimum absolute atomic E-state index is 0.360. The van der Waals surface area contributed by atoms with Crippen LogP contribution in [0.25, 0.3) is 0 Å². The van der Waals surface area contributed by atoms with Crippen molar-refractivity contribution in [3.8, 4) is 0 Å². The summed E-state index contributed by atoms with van der Waals surface area (Å²) in [6.45, 7) is 7.52. The van der Waals surface area contributed by atoms with E-state index in [2.05, 4.69) is 20.9 Å². The molecule has 4 nitrogen and oxygen atoms in total. The number of carbonyl (C=O) groups is 1. The van der Waals surface area contributed by atoms with Crippen LogP contribution >= 0.6 is 15.9 Å². The van der Waals surface area contributed by atoms with Gasteiger partial charge in [-0.2, -0.15) is 0 Å². The number of aliphatic imine (C=N–C) groups is 1. The summed E-state index contributed by atoms with van der Waals surface area (Å²) in [6, 6.07) is 7.07. The van der Waals surface area contributed by atoms with Crippen molar-refractivity contribution in [1.29, 1.82) is 0 Å². The zero-order valence-corrected chi connectivity index (χ0v) is 14.3. The summed E-state index contributed by atoms with van der Waals surface area (Å²) < 4.78 is 12.2. The van der Waals surface area contributed by atoms with Gasteiger partial charge in [-0.3, -0.25) is 0 Å². The number of hydrogen-bond acceptors (Lipinski definition) is 4. The third-order valence-electron chi connectivity index (χ3n) is 3.40. The quantitative estimate of drug-likeness (QED) is 0.776. The van der Waals surface area contributed by atoms with E-state index in [4.69, 9.17) is 9.47 Å². The molecule has 0 spiro atoms. The number of esters is 1. The molecule has 1 aliphatic heterocycles. The zero-order valence-electron chi connectivity index (χ0n) is 12.7. The number of rotatable bonds is 3. The van der Waals surface area contributed by atoms with Crippen molar-refractivity contribution >= 4 is 28.3 Å². The van der Waals surface area contributed by atoms with E-state index in [1.807, 2.05) is 52.0 Å². The van der Waals surface area contributed by atoms with Crippen LogP contribution in [0.15, 0.2) is 33.7 Å². The lowest BCUT2D eigenvalue weighted by molar-refractivity contribution is -0.161. The van der Waals surface area contributed by atoms with E-state index in [0.717, 1.165) is 10.0 Å². The van der Waals surface area contributed by atoms with Gasteiger partial charge in [0.2, 0.25) is 0 Å². The smallest absolute Gasteiger partial charge is 0.336 e. The molecule has 2 atom stereocenters. The fraction of sp³-hybridized carbons (Fsp3) is 0.500. The molecule has 0 aromatic heterocycles. The largest absolute Gasteiger partial charge is 0.470 e. The van der Waals surface area contributed by atoms with Crippen molar-refractivity contribution in [3.05, 3.63) is 34.3 Å². The van der Waals surface area contributed by atoms with Crippen LogP contribution in [0.1, 0.15) is 39.7 Å². The molecule has 0 N–H and O–H groups in total. The molecule has 0 amide bonds. The van der Waals surface area contributed by atoms with Crippen molar-refractivity contribution in [2.24, 2.45) is 4.99 Å². The number of benzene rings is 1. The Morgan fingerprint density at radius 2 is 2.00 bits per heavy atom. The van der Waals surface area contributed by atoms with Crippen molar-refractivity contribution < 1.29 is 14.3 Å². The van der Waals surface area contributed by atoms with E-state index < -0.39 is 17.2 Å². The van der Waals surface area contributed by atoms with E-state index in [-0.39, 0.29) is 5.97 Å². The Bertz CT molecular complexity index is 548. The highest BCUT2D eigenvalue weighted by Crippen LogP contribution is 2.39. The van der Waals surface area contributed by atoms with Crippen LogP contribution in [0.4, 0.5) is 0 Å². The first-order valence-corrected chi connectivity index (χ1v) is 7.76. The van der Waals surface area contributed by atoms with Gasteiger partial charge in [-0.05, 0) is 44.9 Å². The highest BCUT2D eigenvalue weighted by molar-refractivity contribution is 9.10. The predicted octanol–water partition coefficient (Wildman–Crippen LogP) is 3.82. The fourth-order valence-corrected chi connectivity index (χ4v) is 2.68. The van der Waals surface area contributed by atoms with Crippen molar-refractivity contribution in [2.45, 2.75) is 51.4 Å². The Morgan fingerprint density at radius 1 is 1.38 bits per heavy atom. The van der Waals surface area contributed by atoms with Crippen LogP contribution in [0, 0.1) is 0 Å². The Kier molecular flexibility index (Phi) is 4.42. The molecule has 0 radical (unpaired) electrons. The first-order valence-electron chi connectivity index (χ1n) is 6.97. The molecule has 0 saturated heterocycles. The van der Waals surface area contributed by atoms with Gasteiger partial charge < -0.3 is 9.47 Å². The molecule has 1 aromatic carbocycles. The molecule has 114 valence electrons. The molecule has 21 heavy (non-hydrogen) atoms. The average molecular weight is 354 g/mol. The number of hydrogen-bond donors (Lipinski definition) is 0. The van der Waals surface area contributed by atoms with Crippen LogP contribution in [-0.4, -0.2) is 24.0 Å². The lowest BCUT2D eigenvalue weighted by Gasteiger charge is -2.33. The molecule has 0 bridgehead atoms. The number of nitrogens with zero attached hydrogens (tertiary/aromatic N) is 1. The van der Waals surface area contributed by atoms with Crippen LogP contribution in [-0.2, 0) is 19.9 Å². The normalized spacial score (nSPS) is 24.7. The van der Waals surface area contributed by atoms with Crippen molar-refractivity contribution in [3.63, 3.8) is 0 Å². The molecule has 1 heterocycles. The molecule has 0 saturated carbocycles. The van der Waals surface area contributed by atoms with Gasteiger partial charge in [0, 0.05) is 4.47 Å². The first-order chi connectivity index (χ1) is 9.78. The summed E-state index contributed by atoms with van der Waals surface area (Å²) >= 11 is 3.41. The standard InChI is InChI=1S/C16H20BrNO3/c1-5-16(11-6-8-12(17)9-7-11)13(18-10-20-16)14(19)21-15(2,3)4/h6-10,13H,5H2,1-4H3/t13-,16-/m0/s1. The second-order valence-electron chi connectivity index (χ2n) is 6.06. The highest BCUT2D eigenvalue weighted by Gasteiger charge is 2.49. The Hall–Kier alpha value is -1.36. The minimum atomic E-state index is -0.789. The lowest BCUT2D eigenvalue weighted by atomic mass is 9.84. The van der Waals surface area contributed by atoms with Gasteiger partial charge >= 0.3 is 5.97 Å². The molecular weight excluding hydrogens is 334 g/mol. The second-order valence-corrected chi connectivity index (χ2v) is 6.97. The summed E-state index contributed by atoms with van der Waals surface area (Å²) in [6.07, 6.45) is 1.98. The maximum Gasteiger partial charge on any atom is 0.336 e. The highest BCUT2D eigenvalue weighted by atomic mass is 79.9. The molecule has 1 aromatic rings. The van der Waals surface area contributed by atoms with E-state index >= 15 is 0 Å². The Morgan fingerprint density at radius 3 is 2.52 bits per heavy atom. The maximum absolute atomic E-state index is 12.5. The van der Waals surface area contributed by atoms with Gasteiger partial charge in [0.1, 0.15) is 5.60 Å². The van der Waals surface area contributed by atoms with Crippen molar-refractivity contribution in [2.75, 3.05) is 0 Å². The molecule has 0 aliphatic carbocycles. The number of carbonyl (C=O) groups excluding carboxylic acids is 1. The molecule has 2 rings (SSSR count). The van der Waals surface area contributed by atoms with Crippen LogP contribution in [0.2, 0.25) is 0 Å². The minimum Gasteiger partial charge on any atom is -0.470 e. The summed E-state index contributed by atoms with van der Waals surface area (Å²) in [7, 11) is 0. The Balaban J connectivity index is 2.34. The lowest BCUT2D eigenvalue weighted by Crippen LogP contribution is -2.44. The molecule has 0 unspecified atom stereocenters.